The van der Waals surface area contributed by atoms with Gasteiger partial charge in [0.1, 0.15) is 17.8 Å². The highest BCUT2D eigenvalue weighted by atomic mass is 32.1. The summed E-state index contributed by atoms with van der Waals surface area (Å²) in [6.07, 6.45) is 4.66. The molecule has 4 aromatic rings. The minimum Gasteiger partial charge on any atom is -0.383 e. The normalized spacial score (nSPS) is 16.5. The van der Waals surface area contributed by atoms with Crippen LogP contribution in [0.5, 0.6) is 0 Å². The number of rotatable bonds is 4. The summed E-state index contributed by atoms with van der Waals surface area (Å²) >= 11 is 1.67. The van der Waals surface area contributed by atoms with E-state index in [0.717, 1.165) is 45.8 Å². The van der Waals surface area contributed by atoms with Crippen molar-refractivity contribution in [3.8, 4) is 21.0 Å². The molecular weight excluding hydrogens is 408 g/mol. The topological polar surface area (TPSA) is 89.9 Å². The van der Waals surface area contributed by atoms with Gasteiger partial charge < -0.3 is 10.6 Å². The Labute approximate surface area is 183 Å². The highest BCUT2D eigenvalue weighted by molar-refractivity contribution is 7.18. The van der Waals surface area contributed by atoms with E-state index in [1.807, 2.05) is 27.8 Å². The Balaban J connectivity index is 1.58. The third kappa shape index (κ3) is 3.48. The maximum atomic E-state index is 12.2. The van der Waals surface area contributed by atoms with E-state index in [2.05, 4.69) is 40.8 Å². The fourth-order valence-corrected chi connectivity index (χ4v) is 5.13. The molecule has 0 aliphatic carbocycles. The van der Waals surface area contributed by atoms with E-state index in [9.17, 15) is 4.79 Å². The Morgan fingerprint density at radius 3 is 2.77 bits per heavy atom. The highest BCUT2D eigenvalue weighted by Crippen LogP contribution is 2.39. The minimum atomic E-state index is -0.0544. The number of nitrogens with zero attached hydrogens (tertiary/aromatic N) is 5. The van der Waals surface area contributed by atoms with Crippen LogP contribution >= 0.6 is 11.3 Å². The van der Waals surface area contributed by atoms with Gasteiger partial charge in [-0.25, -0.2) is 14.6 Å². The van der Waals surface area contributed by atoms with Crippen LogP contribution in [-0.2, 0) is 4.79 Å². The molecule has 1 aliphatic heterocycles. The predicted molar refractivity (Wildman–Crippen MR) is 124 cm³/mol. The Morgan fingerprint density at radius 1 is 1.16 bits per heavy atom. The highest BCUT2D eigenvalue weighted by Gasteiger charge is 2.28. The van der Waals surface area contributed by atoms with Crippen molar-refractivity contribution in [3.63, 3.8) is 0 Å². The first-order valence-corrected chi connectivity index (χ1v) is 11.0. The molecule has 3 aromatic heterocycles. The summed E-state index contributed by atoms with van der Waals surface area (Å²) in [6.45, 7) is 4.92. The molecule has 5 rings (SSSR count). The van der Waals surface area contributed by atoms with E-state index >= 15 is 0 Å². The van der Waals surface area contributed by atoms with E-state index < -0.39 is 0 Å². The molecule has 1 atom stereocenters. The predicted octanol–water partition coefficient (Wildman–Crippen LogP) is 4.15. The van der Waals surface area contributed by atoms with Gasteiger partial charge in [-0.15, -0.1) is 11.3 Å². The van der Waals surface area contributed by atoms with Crippen molar-refractivity contribution in [1.29, 1.82) is 0 Å². The van der Waals surface area contributed by atoms with Crippen molar-refractivity contribution >= 4 is 34.1 Å². The summed E-state index contributed by atoms with van der Waals surface area (Å²) in [4.78, 5) is 24.9. The average molecular weight is 431 g/mol. The lowest BCUT2D eigenvalue weighted by molar-refractivity contribution is -0.127. The molecule has 4 heterocycles. The second-order valence-electron chi connectivity index (χ2n) is 7.57. The molecule has 1 aromatic carbocycles. The van der Waals surface area contributed by atoms with Crippen LogP contribution in [0.1, 0.15) is 18.9 Å². The van der Waals surface area contributed by atoms with Crippen LogP contribution in [-0.4, -0.2) is 43.6 Å². The molecule has 156 valence electrons. The number of benzene rings is 1. The maximum absolute atomic E-state index is 12.2. The van der Waals surface area contributed by atoms with E-state index in [1.54, 1.807) is 11.3 Å². The summed E-state index contributed by atoms with van der Waals surface area (Å²) in [6, 6.07) is 14.5. The lowest BCUT2D eigenvalue weighted by Crippen LogP contribution is -2.40. The third-order valence-electron chi connectivity index (χ3n) is 5.64. The Bertz CT molecular complexity index is 1260. The van der Waals surface area contributed by atoms with Gasteiger partial charge >= 0.3 is 0 Å². The van der Waals surface area contributed by atoms with Crippen LogP contribution in [0.4, 0.5) is 5.82 Å². The number of likely N-dealkylation sites (tertiary alicyclic amines) is 1. The number of carbonyl (C=O) groups excluding carboxylic acids is 1. The largest absolute Gasteiger partial charge is 0.383 e. The van der Waals surface area contributed by atoms with Crippen LogP contribution < -0.4 is 5.73 Å². The number of amides is 1. The van der Waals surface area contributed by atoms with E-state index in [4.69, 9.17) is 10.8 Å². The number of piperidine rings is 1. The van der Waals surface area contributed by atoms with Crippen LogP contribution in [0.3, 0.4) is 0 Å². The molecule has 1 aliphatic rings. The molecule has 1 fully saturated rings. The van der Waals surface area contributed by atoms with Gasteiger partial charge in [0.15, 0.2) is 5.65 Å². The number of anilines is 1. The number of aromatic nitrogens is 4. The molecule has 0 bridgehead atoms. The van der Waals surface area contributed by atoms with E-state index in [1.165, 1.54) is 12.4 Å². The fraction of sp³-hybridized carbons (Fsp3) is 0.217. The second-order valence-corrected chi connectivity index (χ2v) is 8.65. The maximum Gasteiger partial charge on any atom is 0.246 e. The van der Waals surface area contributed by atoms with Gasteiger partial charge in [0, 0.05) is 18.0 Å². The van der Waals surface area contributed by atoms with Gasteiger partial charge in [0.25, 0.3) is 0 Å². The molecule has 7 nitrogen and oxygen atoms in total. The lowest BCUT2D eigenvalue weighted by atomic mass is 10.1. The third-order valence-corrected chi connectivity index (χ3v) is 6.79. The first kappa shape index (κ1) is 19.4. The Kier molecular flexibility index (Phi) is 4.99. The van der Waals surface area contributed by atoms with Crippen molar-refractivity contribution in [2.24, 2.45) is 0 Å². The first-order chi connectivity index (χ1) is 15.2. The van der Waals surface area contributed by atoms with Crippen molar-refractivity contribution in [1.82, 2.24) is 24.6 Å². The fourth-order valence-electron chi connectivity index (χ4n) is 4.13. The monoisotopic (exact) mass is 430 g/mol. The average Bonchev–Trinajstić information content (AvgIpc) is 3.45. The zero-order valence-electron chi connectivity index (χ0n) is 16.9. The molecule has 1 saturated heterocycles. The van der Waals surface area contributed by atoms with Crippen molar-refractivity contribution in [2.45, 2.75) is 18.9 Å². The summed E-state index contributed by atoms with van der Waals surface area (Å²) in [5.41, 5.74) is 8.93. The van der Waals surface area contributed by atoms with Gasteiger partial charge in [-0.05, 0) is 36.6 Å². The van der Waals surface area contributed by atoms with Gasteiger partial charge in [-0.1, -0.05) is 36.9 Å². The number of carbonyl (C=O) groups is 1. The molecule has 8 heteroatoms. The Hall–Kier alpha value is -3.52. The Morgan fingerprint density at radius 2 is 1.97 bits per heavy atom. The number of thiophene rings is 1. The van der Waals surface area contributed by atoms with Crippen molar-refractivity contribution in [3.05, 3.63) is 61.4 Å². The summed E-state index contributed by atoms with van der Waals surface area (Å²) < 4.78 is 1.92. The second kappa shape index (κ2) is 7.96. The number of nitrogen functional groups attached to an aromatic ring is 1. The van der Waals surface area contributed by atoms with Crippen LogP contribution in [0.15, 0.2) is 61.4 Å². The smallest absolute Gasteiger partial charge is 0.246 e. The van der Waals surface area contributed by atoms with Gasteiger partial charge in [-0.2, -0.15) is 5.10 Å². The van der Waals surface area contributed by atoms with Gasteiger partial charge in [-0.3, -0.25) is 4.79 Å². The zero-order chi connectivity index (χ0) is 21.4. The molecule has 0 saturated carbocycles. The first-order valence-electron chi connectivity index (χ1n) is 10.2. The summed E-state index contributed by atoms with van der Waals surface area (Å²) in [5.74, 6) is 0.358. The van der Waals surface area contributed by atoms with Gasteiger partial charge in [0.05, 0.1) is 16.3 Å². The lowest BCUT2D eigenvalue weighted by Gasteiger charge is -2.32. The zero-order valence-corrected chi connectivity index (χ0v) is 17.8. The number of nitrogens with two attached hydrogens (primary N) is 1. The van der Waals surface area contributed by atoms with Crippen molar-refractivity contribution in [2.75, 3.05) is 18.8 Å². The van der Waals surface area contributed by atoms with E-state index in [-0.39, 0.29) is 11.9 Å². The molecular formula is C23H22N6OS. The SMILES string of the molecule is C=CC(=O)N1CCCC(n2nc(-c3ccc(-c4ccccc4)s3)c3c(N)ncnc32)C1. The van der Waals surface area contributed by atoms with Crippen LogP contribution in [0, 0.1) is 0 Å². The number of fused-ring (bicyclic) bond motifs is 1. The molecule has 1 amide bonds. The molecule has 0 spiro atoms. The molecule has 0 radical (unpaired) electrons. The summed E-state index contributed by atoms with van der Waals surface area (Å²) in [5, 5.41) is 5.71. The van der Waals surface area contributed by atoms with Crippen LogP contribution in [0.2, 0.25) is 0 Å². The van der Waals surface area contributed by atoms with Crippen LogP contribution in [0.25, 0.3) is 32.0 Å². The van der Waals surface area contributed by atoms with Crippen molar-refractivity contribution < 1.29 is 4.79 Å². The summed E-state index contributed by atoms with van der Waals surface area (Å²) in [7, 11) is 0. The number of hydrogen-bond acceptors (Lipinski definition) is 6. The number of hydrogen-bond donors (Lipinski definition) is 1. The quantitative estimate of drug-likeness (QED) is 0.491. The molecule has 31 heavy (non-hydrogen) atoms. The molecule has 2 N–H and O–H groups in total. The minimum absolute atomic E-state index is 0.0248. The van der Waals surface area contributed by atoms with E-state index in [0.29, 0.717) is 18.0 Å². The molecule has 1 unspecified atom stereocenters. The standard InChI is InChI=1S/C23H22N6OS/c1-2-19(30)28-12-6-9-16(13-28)29-23-20(22(24)25-14-26-23)21(27-29)18-11-10-17(31-18)15-7-4-3-5-8-15/h2-5,7-8,10-11,14,16H,1,6,9,12-13H2,(H2,24,25,26). The van der Waals surface area contributed by atoms with Gasteiger partial charge in [0.2, 0.25) is 5.91 Å².